The third kappa shape index (κ3) is 8.78. The Balaban J connectivity index is 1.31. The van der Waals surface area contributed by atoms with Crippen LogP contribution in [0.3, 0.4) is 0 Å². The largest absolute Gasteiger partial charge is 0.490 e. The van der Waals surface area contributed by atoms with Gasteiger partial charge in [-0.2, -0.15) is 12.9 Å². The number of fused-ring (bicyclic) bond motifs is 1. The van der Waals surface area contributed by atoms with Gasteiger partial charge in [0, 0.05) is 0 Å². The van der Waals surface area contributed by atoms with Gasteiger partial charge in [-0.15, -0.1) is 0 Å². The highest BCUT2D eigenvalue weighted by molar-refractivity contribution is 7.69. The van der Waals surface area contributed by atoms with Crippen molar-refractivity contribution in [1.29, 1.82) is 0 Å². The van der Waals surface area contributed by atoms with E-state index in [1.807, 2.05) is 0 Å². The summed E-state index contributed by atoms with van der Waals surface area (Å²) < 4.78 is 79.8. The van der Waals surface area contributed by atoms with Gasteiger partial charge in [-0.25, -0.2) is 33.2 Å². The minimum Gasteiger partial charge on any atom is -0.387 e. The van der Waals surface area contributed by atoms with Crippen molar-refractivity contribution < 1.29 is 99.9 Å². The summed E-state index contributed by atoms with van der Waals surface area (Å²) in [5.41, 5.74) is 5.89. The van der Waals surface area contributed by atoms with E-state index in [-0.39, 0.29) is 17.0 Å². The van der Waals surface area contributed by atoms with Crippen molar-refractivity contribution in [1.82, 2.24) is 19.5 Å². The Hall–Kier alpha value is -1.41. The molecule has 30 heteroatoms. The third-order valence-corrected chi connectivity index (χ3v) is 12.0. The van der Waals surface area contributed by atoms with Gasteiger partial charge in [0.25, 0.3) is 0 Å². The molecule has 0 aromatic carbocycles. The number of anilines is 1. The van der Waals surface area contributed by atoms with Crippen LogP contribution in [-0.2, 0) is 49.7 Å². The number of phosphoric acid groups is 4. The number of hydrogen-bond acceptors (Lipinski definition) is 21. The number of hydrogen-bond donors (Lipinski definition) is 11. The minimum absolute atomic E-state index is 0.0188. The molecule has 13 atom stereocenters. The average molecular weight is 749 g/mol. The van der Waals surface area contributed by atoms with E-state index in [1.54, 1.807) is 0 Å². The smallest absolute Gasteiger partial charge is 0.387 e. The zero-order valence-electron chi connectivity index (χ0n) is 22.4. The number of aliphatic hydroxyl groups excluding tert-OH is 6. The molecule has 262 valence electrons. The highest BCUT2D eigenvalue weighted by atomic mass is 31.3. The molecule has 5 unspecified atom stereocenters. The highest BCUT2D eigenvalue weighted by Crippen LogP contribution is 2.71. The van der Waals surface area contributed by atoms with Crippen LogP contribution in [0, 0.1) is 0 Å². The van der Waals surface area contributed by atoms with Gasteiger partial charge < -0.3 is 65.4 Å². The van der Waals surface area contributed by atoms with Crippen LogP contribution in [-0.4, -0.2) is 132 Å². The molecule has 2 aromatic heterocycles. The summed E-state index contributed by atoms with van der Waals surface area (Å²) in [5.74, 6) is -0.0188. The normalized spacial score (nSPS) is 35.7. The predicted molar refractivity (Wildman–Crippen MR) is 139 cm³/mol. The Morgan fingerprint density at radius 1 is 0.696 bits per heavy atom. The maximum atomic E-state index is 12.3. The average Bonchev–Trinajstić information content (AvgIpc) is 3.47. The number of nitrogen functional groups attached to an aromatic ring is 1. The molecule has 46 heavy (non-hydrogen) atoms. The van der Waals surface area contributed by atoms with Gasteiger partial charge >= 0.3 is 31.3 Å². The number of nitrogens with two attached hydrogens (primary N) is 1. The topological polar surface area (TPSA) is 405 Å². The highest BCUT2D eigenvalue weighted by Gasteiger charge is 2.49. The fourth-order valence-corrected chi connectivity index (χ4v) is 8.98. The summed E-state index contributed by atoms with van der Waals surface area (Å²) in [7, 11) is -23.9. The molecule has 4 rings (SSSR count). The van der Waals surface area contributed by atoms with Gasteiger partial charge in [0.15, 0.2) is 24.0 Å². The van der Waals surface area contributed by atoms with Crippen LogP contribution in [0.2, 0.25) is 0 Å². The van der Waals surface area contributed by atoms with Crippen LogP contribution < -0.4 is 5.73 Å². The zero-order valence-corrected chi connectivity index (χ0v) is 26.0. The lowest BCUT2D eigenvalue weighted by Crippen LogP contribution is -2.58. The van der Waals surface area contributed by atoms with Crippen molar-refractivity contribution in [2.45, 2.75) is 55.2 Å². The lowest BCUT2D eigenvalue weighted by atomic mass is 10.00. The number of aliphatic hydroxyl groups is 6. The van der Waals surface area contributed by atoms with Crippen LogP contribution in [0.25, 0.3) is 11.2 Å². The fourth-order valence-electron chi connectivity index (χ4n) is 4.02. The molecule has 2 saturated heterocycles. The molecule has 0 radical (unpaired) electrons. The number of ether oxygens (including phenoxy) is 2. The van der Waals surface area contributed by atoms with E-state index in [4.69, 9.17) is 10.5 Å². The molecule has 0 amide bonds. The van der Waals surface area contributed by atoms with Crippen LogP contribution in [0.5, 0.6) is 0 Å². The molecular formula is C16H27N5O21P4. The van der Waals surface area contributed by atoms with E-state index in [1.165, 1.54) is 0 Å². The van der Waals surface area contributed by atoms with E-state index in [9.17, 15) is 68.5 Å². The number of nitrogens with zero attached hydrogens (tertiary/aromatic N) is 4. The molecule has 0 spiro atoms. The fraction of sp³-hybridized carbons (Fsp3) is 0.688. The molecule has 2 aliphatic rings. The van der Waals surface area contributed by atoms with Crippen LogP contribution >= 0.6 is 31.3 Å². The summed E-state index contributed by atoms with van der Waals surface area (Å²) in [6.07, 6.45) is -14.2. The first-order chi connectivity index (χ1) is 21.1. The van der Waals surface area contributed by atoms with Gasteiger partial charge in [-0.1, -0.05) is 0 Å². The second kappa shape index (κ2) is 13.8. The zero-order chi connectivity index (χ0) is 34.4. The van der Waals surface area contributed by atoms with E-state index in [2.05, 4.69) is 41.7 Å². The molecule has 2 fully saturated rings. The van der Waals surface area contributed by atoms with Gasteiger partial charge in [-0.05, 0) is 0 Å². The van der Waals surface area contributed by atoms with Gasteiger partial charge in [0.05, 0.1) is 19.5 Å². The van der Waals surface area contributed by atoms with Gasteiger partial charge in [-0.3, -0.25) is 13.6 Å². The second-order valence-corrected chi connectivity index (χ2v) is 15.6. The molecule has 0 aliphatic carbocycles. The van der Waals surface area contributed by atoms with E-state index in [0.29, 0.717) is 0 Å². The predicted octanol–water partition coefficient (Wildman–Crippen LogP) is -3.69. The standard InChI is InChI=1S/C16H27N5O21P4/c17-13-7-14(19-3-18-13)21(4-20-7)15-11(25)9(23)5(38-15)1-36-43(28,29)40-45(32,33)42-46(34,35)41-44(30,31)37-2-6-8(22)10(24)12(26)16(27)39-6/h3-6,8-12,15-16,22-27H,1-2H2,(H,28,29)(H,30,31)(H,32,33)(H,34,35)(H2,17,18,19)/t5-,6+,8+,9-,10-,11-,12+,15?,16-/m1/s1. The van der Waals surface area contributed by atoms with Gasteiger partial charge in [0.1, 0.15) is 54.6 Å². The van der Waals surface area contributed by atoms with Crippen molar-refractivity contribution in [3.05, 3.63) is 12.7 Å². The third-order valence-electron chi connectivity index (χ3n) is 6.11. The molecule has 4 heterocycles. The number of imidazole rings is 1. The van der Waals surface area contributed by atoms with Crippen molar-refractivity contribution in [3.63, 3.8) is 0 Å². The Labute approximate surface area is 254 Å². The molecule has 0 saturated carbocycles. The number of phosphoric ester groups is 2. The molecule has 26 nitrogen and oxygen atoms in total. The summed E-state index contributed by atoms with van der Waals surface area (Å²) in [6.45, 7) is -2.36. The lowest BCUT2D eigenvalue weighted by Gasteiger charge is -2.38. The quantitative estimate of drug-likeness (QED) is 0.0878. The summed E-state index contributed by atoms with van der Waals surface area (Å²) in [5, 5.41) is 59.0. The maximum absolute atomic E-state index is 12.3. The summed E-state index contributed by atoms with van der Waals surface area (Å²) in [4.78, 5) is 50.5. The second-order valence-electron chi connectivity index (χ2n) is 9.38. The Kier molecular flexibility index (Phi) is 11.3. The molecular weight excluding hydrogens is 722 g/mol. The van der Waals surface area contributed by atoms with E-state index in [0.717, 1.165) is 17.2 Å². The summed E-state index contributed by atoms with van der Waals surface area (Å²) >= 11 is 0. The first kappa shape index (κ1) is 37.4. The van der Waals surface area contributed by atoms with Crippen molar-refractivity contribution >= 4 is 48.3 Å². The Bertz CT molecular complexity index is 1600. The van der Waals surface area contributed by atoms with Crippen molar-refractivity contribution in [3.8, 4) is 0 Å². The van der Waals surface area contributed by atoms with Crippen LogP contribution in [0.4, 0.5) is 5.82 Å². The SMILES string of the molecule is Nc1ncnc2c1ncn2C1O[C@H](COP(=O)(O)OP(=O)(O)OP(=O)(O)OP(=O)(O)OC[C@@H]2O[C@@H](O)[C@@H](O)[C@H](O)[C@H]2O)[C@@H](O)[C@H]1O. The number of rotatable bonds is 13. The van der Waals surface area contributed by atoms with E-state index < -0.39 is 99.8 Å². The minimum atomic E-state index is -6.19. The first-order valence-electron chi connectivity index (χ1n) is 12.2. The Morgan fingerprint density at radius 3 is 1.76 bits per heavy atom. The molecule has 0 bridgehead atoms. The lowest BCUT2D eigenvalue weighted by molar-refractivity contribution is -0.285. The van der Waals surface area contributed by atoms with E-state index >= 15 is 0 Å². The molecule has 2 aliphatic heterocycles. The Morgan fingerprint density at radius 2 is 1.20 bits per heavy atom. The molecule has 12 N–H and O–H groups in total. The molecule has 2 aromatic rings. The van der Waals surface area contributed by atoms with Gasteiger partial charge in [0.2, 0.25) is 0 Å². The van der Waals surface area contributed by atoms with Crippen molar-refractivity contribution in [2.24, 2.45) is 0 Å². The number of aromatic nitrogens is 4. The monoisotopic (exact) mass is 749 g/mol. The maximum Gasteiger partial charge on any atom is 0.490 e. The van der Waals surface area contributed by atoms with Crippen LogP contribution in [0.15, 0.2) is 12.7 Å². The summed E-state index contributed by atoms with van der Waals surface area (Å²) in [6, 6.07) is 0. The van der Waals surface area contributed by atoms with Crippen molar-refractivity contribution in [2.75, 3.05) is 18.9 Å². The van der Waals surface area contributed by atoms with Crippen LogP contribution in [0.1, 0.15) is 6.23 Å². The first-order valence-corrected chi connectivity index (χ1v) is 18.2.